The van der Waals surface area contributed by atoms with Gasteiger partial charge in [0, 0.05) is 11.3 Å². The van der Waals surface area contributed by atoms with E-state index in [1.807, 2.05) is 5.38 Å². The lowest BCUT2D eigenvalue weighted by Crippen LogP contribution is -2.37. The normalized spacial score (nSPS) is 16.7. The molecule has 5 heteroatoms. The van der Waals surface area contributed by atoms with Gasteiger partial charge in [-0.2, -0.15) is 0 Å². The topological polar surface area (TPSA) is 54.0 Å². The molecule has 0 aliphatic carbocycles. The Hall–Kier alpha value is -0.940. The molecule has 0 saturated carbocycles. The van der Waals surface area contributed by atoms with Gasteiger partial charge < -0.3 is 10.6 Å². The molecule has 2 N–H and O–H groups in total. The fourth-order valence-corrected chi connectivity index (χ4v) is 3.06. The Kier molecular flexibility index (Phi) is 5.13. The summed E-state index contributed by atoms with van der Waals surface area (Å²) in [7, 11) is 0. The van der Waals surface area contributed by atoms with E-state index in [4.69, 9.17) is 0 Å². The third-order valence-electron chi connectivity index (χ3n) is 3.22. The smallest absolute Gasteiger partial charge is 0.223 e. The Balaban J connectivity index is 1.77. The molecule has 0 aromatic carbocycles. The van der Waals surface area contributed by atoms with Crippen LogP contribution in [0.25, 0.3) is 0 Å². The molecule has 1 fully saturated rings. The molecule has 0 spiro atoms. The molecule has 2 heterocycles. The van der Waals surface area contributed by atoms with Crippen LogP contribution in [0.3, 0.4) is 0 Å². The molecule has 0 atom stereocenters. The minimum Gasteiger partial charge on any atom is -0.350 e. The predicted octanol–water partition coefficient (Wildman–Crippen LogP) is 1.71. The predicted molar refractivity (Wildman–Crippen MR) is 73.5 cm³/mol. The number of aryl methyl sites for hydroxylation is 1. The van der Waals surface area contributed by atoms with Crippen molar-refractivity contribution < 1.29 is 4.79 Å². The number of carbonyl (C=O) groups is 1. The maximum atomic E-state index is 11.9. The maximum Gasteiger partial charge on any atom is 0.223 e. The zero-order chi connectivity index (χ0) is 12.8. The molecule has 2 rings (SSSR count). The number of piperidine rings is 1. The molecule has 1 aromatic rings. The molecule has 1 aliphatic rings. The summed E-state index contributed by atoms with van der Waals surface area (Å²) in [6.07, 6.45) is 4.05. The third kappa shape index (κ3) is 3.78. The van der Waals surface area contributed by atoms with Crippen LogP contribution >= 0.6 is 11.3 Å². The number of nitrogens with zero attached hydrogens (tertiary/aromatic N) is 1. The van der Waals surface area contributed by atoms with Crippen LogP contribution in [0.5, 0.6) is 0 Å². The van der Waals surface area contributed by atoms with Crippen LogP contribution in [-0.2, 0) is 17.8 Å². The van der Waals surface area contributed by atoms with E-state index in [2.05, 4.69) is 22.5 Å². The Morgan fingerprint density at radius 3 is 3.06 bits per heavy atom. The van der Waals surface area contributed by atoms with Gasteiger partial charge in [0.15, 0.2) is 0 Å². The molecule has 18 heavy (non-hydrogen) atoms. The fraction of sp³-hybridized carbons (Fsp3) is 0.692. The van der Waals surface area contributed by atoms with Crippen LogP contribution < -0.4 is 10.6 Å². The highest BCUT2D eigenvalue weighted by Crippen LogP contribution is 2.13. The molecular formula is C13H21N3OS. The van der Waals surface area contributed by atoms with Gasteiger partial charge in [-0.15, -0.1) is 11.3 Å². The summed E-state index contributed by atoms with van der Waals surface area (Å²) in [5, 5.41) is 9.49. The van der Waals surface area contributed by atoms with Gasteiger partial charge in [0.25, 0.3) is 0 Å². The van der Waals surface area contributed by atoms with E-state index in [0.29, 0.717) is 6.54 Å². The molecule has 0 bridgehead atoms. The Bertz CT molecular complexity index is 385. The molecule has 4 nitrogen and oxygen atoms in total. The molecule has 1 aromatic heterocycles. The zero-order valence-electron chi connectivity index (χ0n) is 10.9. The number of rotatable bonds is 5. The Morgan fingerprint density at radius 2 is 2.33 bits per heavy atom. The second-order valence-electron chi connectivity index (χ2n) is 4.72. The first kappa shape index (κ1) is 13.5. The zero-order valence-corrected chi connectivity index (χ0v) is 11.7. The summed E-state index contributed by atoms with van der Waals surface area (Å²) in [6, 6.07) is 0. The molecule has 100 valence electrons. The van der Waals surface area contributed by atoms with Crippen molar-refractivity contribution in [1.29, 1.82) is 0 Å². The molecular weight excluding hydrogens is 246 g/mol. The number of hydrogen-bond acceptors (Lipinski definition) is 4. The van der Waals surface area contributed by atoms with Crippen LogP contribution in [0.4, 0.5) is 0 Å². The van der Waals surface area contributed by atoms with E-state index in [-0.39, 0.29) is 11.8 Å². The fourth-order valence-electron chi connectivity index (χ4n) is 2.16. The van der Waals surface area contributed by atoms with Crippen molar-refractivity contribution in [1.82, 2.24) is 15.6 Å². The lowest BCUT2D eigenvalue weighted by molar-refractivity contribution is -0.125. The van der Waals surface area contributed by atoms with E-state index in [1.54, 1.807) is 11.3 Å². The van der Waals surface area contributed by atoms with Crippen molar-refractivity contribution in [3.8, 4) is 0 Å². The first-order valence-corrected chi connectivity index (χ1v) is 7.59. The van der Waals surface area contributed by atoms with Gasteiger partial charge >= 0.3 is 0 Å². The SMILES string of the molecule is CCCc1nc(CNC(=O)C2CCNCC2)cs1. The van der Waals surface area contributed by atoms with Crippen molar-refractivity contribution in [2.75, 3.05) is 13.1 Å². The standard InChI is InChI=1S/C13H21N3OS/c1-2-3-12-16-11(9-18-12)8-15-13(17)10-4-6-14-7-5-10/h9-10,14H,2-8H2,1H3,(H,15,17). The Labute approximate surface area is 112 Å². The lowest BCUT2D eigenvalue weighted by Gasteiger charge is -2.21. The van der Waals surface area contributed by atoms with Crippen LogP contribution in [0.15, 0.2) is 5.38 Å². The van der Waals surface area contributed by atoms with E-state index >= 15 is 0 Å². The first-order valence-electron chi connectivity index (χ1n) is 6.71. The van der Waals surface area contributed by atoms with E-state index in [9.17, 15) is 4.79 Å². The van der Waals surface area contributed by atoms with E-state index in [1.165, 1.54) is 5.01 Å². The highest BCUT2D eigenvalue weighted by molar-refractivity contribution is 7.09. The Morgan fingerprint density at radius 1 is 1.56 bits per heavy atom. The van der Waals surface area contributed by atoms with E-state index < -0.39 is 0 Å². The van der Waals surface area contributed by atoms with Gasteiger partial charge in [0.05, 0.1) is 17.2 Å². The van der Waals surface area contributed by atoms with Gasteiger partial charge in [-0.3, -0.25) is 4.79 Å². The van der Waals surface area contributed by atoms with Crippen molar-refractivity contribution in [2.45, 2.75) is 39.2 Å². The third-order valence-corrected chi connectivity index (χ3v) is 4.17. The van der Waals surface area contributed by atoms with Crippen LogP contribution in [-0.4, -0.2) is 24.0 Å². The highest BCUT2D eigenvalue weighted by Gasteiger charge is 2.20. The van der Waals surface area contributed by atoms with Crippen LogP contribution in [0.1, 0.15) is 36.9 Å². The monoisotopic (exact) mass is 267 g/mol. The number of thiazole rings is 1. The lowest BCUT2D eigenvalue weighted by atomic mass is 9.97. The van der Waals surface area contributed by atoms with Crippen molar-refractivity contribution in [3.05, 3.63) is 16.1 Å². The van der Waals surface area contributed by atoms with Crippen LogP contribution in [0.2, 0.25) is 0 Å². The van der Waals surface area contributed by atoms with Crippen molar-refractivity contribution >= 4 is 17.2 Å². The average molecular weight is 267 g/mol. The summed E-state index contributed by atoms with van der Waals surface area (Å²) in [5.41, 5.74) is 0.991. The van der Waals surface area contributed by atoms with Gasteiger partial charge in [0.2, 0.25) is 5.91 Å². The number of carbonyl (C=O) groups excluding carboxylic acids is 1. The van der Waals surface area contributed by atoms with Crippen molar-refractivity contribution in [3.63, 3.8) is 0 Å². The van der Waals surface area contributed by atoms with E-state index in [0.717, 1.165) is 44.5 Å². The molecule has 1 amide bonds. The van der Waals surface area contributed by atoms with Gasteiger partial charge in [0.1, 0.15) is 0 Å². The van der Waals surface area contributed by atoms with Crippen LogP contribution in [0, 0.1) is 5.92 Å². The average Bonchev–Trinajstić information content (AvgIpc) is 2.85. The minimum atomic E-state index is 0.181. The quantitative estimate of drug-likeness (QED) is 0.854. The molecule has 0 radical (unpaired) electrons. The maximum absolute atomic E-state index is 11.9. The molecule has 0 unspecified atom stereocenters. The highest BCUT2D eigenvalue weighted by atomic mass is 32.1. The summed E-state index contributed by atoms with van der Waals surface area (Å²) >= 11 is 1.69. The summed E-state index contributed by atoms with van der Waals surface area (Å²) < 4.78 is 0. The summed E-state index contributed by atoms with van der Waals surface area (Å²) in [5.74, 6) is 0.363. The summed E-state index contributed by atoms with van der Waals surface area (Å²) in [4.78, 5) is 16.4. The summed E-state index contributed by atoms with van der Waals surface area (Å²) in [6.45, 7) is 4.63. The largest absolute Gasteiger partial charge is 0.350 e. The number of hydrogen-bond donors (Lipinski definition) is 2. The van der Waals surface area contributed by atoms with Crippen molar-refractivity contribution in [2.24, 2.45) is 5.92 Å². The number of nitrogens with one attached hydrogen (secondary N) is 2. The number of amides is 1. The van der Waals surface area contributed by atoms with Gasteiger partial charge in [-0.05, 0) is 38.8 Å². The minimum absolute atomic E-state index is 0.181. The number of aromatic nitrogens is 1. The second-order valence-corrected chi connectivity index (χ2v) is 5.67. The molecule has 1 saturated heterocycles. The van der Waals surface area contributed by atoms with Gasteiger partial charge in [-0.25, -0.2) is 4.98 Å². The second kappa shape index (κ2) is 6.85. The van der Waals surface area contributed by atoms with Gasteiger partial charge in [-0.1, -0.05) is 6.92 Å². The first-order chi connectivity index (χ1) is 8.79. The molecule has 1 aliphatic heterocycles.